The van der Waals surface area contributed by atoms with Crippen LogP contribution in [0.1, 0.15) is 13.3 Å². The van der Waals surface area contributed by atoms with Crippen LogP contribution in [0.2, 0.25) is 4.34 Å². The Labute approximate surface area is 98.7 Å². The highest BCUT2D eigenvalue weighted by molar-refractivity contribution is 8.15. The molecule has 0 aliphatic rings. The van der Waals surface area contributed by atoms with Gasteiger partial charge in [0.15, 0.2) is 0 Å². The van der Waals surface area contributed by atoms with Crippen molar-refractivity contribution in [1.29, 1.82) is 0 Å². The second-order valence-electron chi connectivity index (χ2n) is 2.82. The summed E-state index contributed by atoms with van der Waals surface area (Å²) >= 11 is 7.03. The monoisotopic (exact) mass is 269 g/mol. The molecule has 1 unspecified atom stereocenters. The number of thiazole rings is 1. The smallest absolute Gasteiger partial charge is 0.145 e. The van der Waals surface area contributed by atoms with E-state index in [9.17, 15) is 8.78 Å². The molecule has 0 aliphatic heterocycles. The van der Waals surface area contributed by atoms with E-state index in [1.54, 1.807) is 6.20 Å². The van der Waals surface area contributed by atoms with Crippen LogP contribution in [0.4, 0.5) is 8.78 Å². The van der Waals surface area contributed by atoms with E-state index in [4.69, 9.17) is 11.6 Å². The van der Waals surface area contributed by atoms with Gasteiger partial charge in [-0.25, -0.2) is 13.8 Å². The van der Waals surface area contributed by atoms with Crippen LogP contribution in [0, 0.1) is 0 Å². The molecule has 15 heavy (non-hydrogen) atoms. The lowest BCUT2D eigenvalue weighted by molar-refractivity contribution is 0.519. The summed E-state index contributed by atoms with van der Waals surface area (Å²) in [5.41, 5.74) is 0. The Bertz CT molecular complexity index is 397. The minimum absolute atomic E-state index is 0.0617. The molecule has 1 nitrogen and oxygen atoms in total. The van der Waals surface area contributed by atoms with Crippen molar-refractivity contribution in [2.24, 2.45) is 0 Å². The van der Waals surface area contributed by atoms with Gasteiger partial charge < -0.3 is 0 Å². The standard InChI is InChI=1S/C9H10ClF2NS2/c1-6(11)7(12)3-4-15(2)9-13-5-8(10)14-9/h5H,2-4H2,1H3/b7-6+. The summed E-state index contributed by atoms with van der Waals surface area (Å²) in [4.78, 5) is 4.04. The molecule has 0 radical (unpaired) electrons. The Morgan fingerprint density at radius 3 is 2.80 bits per heavy atom. The molecule has 0 bridgehead atoms. The lowest BCUT2D eigenvalue weighted by atomic mass is 10.4. The first-order chi connectivity index (χ1) is 7.00. The first-order valence-corrected chi connectivity index (χ1v) is 6.89. The van der Waals surface area contributed by atoms with Gasteiger partial charge in [0.1, 0.15) is 20.3 Å². The Balaban J connectivity index is 2.54. The molecule has 0 spiro atoms. The summed E-state index contributed by atoms with van der Waals surface area (Å²) < 4.78 is 26.6. The lowest BCUT2D eigenvalue weighted by Gasteiger charge is -2.02. The van der Waals surface area contributed by atoms with E-state index in [1.807, 2.05) is 0 Å². The van der Waals surface area contributed by atoms with Gasteiger partial charge in [-0.1, -0.05) is 28.8 Å². The van der Waals surface area contributed by atoms with Crippen LogP contribution in [-0.2, 0) is 0 Å². The van der Waals surface area contributed by atoms with Crippen molar-refractivity contribution in [3.63, 3.8) is 0 Å². The molecule has 0 aromatic carbocycles. The zero-order valence-electron chi connectivity index (χ0n) is 8.10. The molecule has 1 rings (SSSR count). The van der Waals surface area contributed by atoms with Gasteiger partial charge in [0.25, 0.3) is 0 Å². The molecule has 1 aromatic heterocycles. The van der Waals surface area contributed by atoms with E-state index in [0.717, 1.165) is 11.3 Å². The number of allylic oxidation sites excluding steroid dienone is 2. The maximum absolute atomic E-state index is 12.8. The van der Waals surface area contributed by atoms with Crippen LogP contribution < -0.4 is 0 Å². The molecule has 0 fully saturated rings. The van der Waals surface area contributed by atoms with E-state index in [1.165, 1.54) is 11.3 Å². The van der Waals surface area contributed by atoms with Gasteiger partial charge in [0, 0.05) is 12.2 Å². The molecular formula is C9H10ClF2NS2. The quantitative estimate of drug-likeness (QED) is 0.738. The number of halogens is 3. The zero-order valence-corrected chi connectivity index (χ0v) is 10.5. The highest BCUT2D eigenvalue weighted by Crippen LogP contribution is 2.32. The average Bonchev–Trinajstić information content (AvgIpc) is 2.60. The summed E-state index contributed by atoms with van der Waals surface area (Å²) in [6.45, 7) is 1.11. The Kier molecular flexibility index (Phi) is 4.89. The normalized spacial score (nSPS) is 14.9. The van der Waals surface area contributed by atoms with Gasteiger partial charge in [0.05, 0.1) is 6.20 Å². The van der Waals surface area contributed by atoms with Crippen LogP contribution in [0.15, 0.2) is 22.2 Å². The second-order valence-corrected chi connectivity index (χ2v) is 6.52. The van der Waals surface area contributed by atoms with Crippen LogP contribution in [0.3, 0.4) is 0 Å². The van der Waals surface area contributed by atoms with Gasteiger partial charge >= 0.3 is 0 Å². The highest BCUT2D eigenvalue weighted by Gasteiger charge is 2.06. The molecule has 0 saturated heterocycles. The van der Waals surface area contributed by atoms with Crippen molar-refractivity contribution in [3.05, 3.63) is 22.2 Å². The third-order valence-electron chi connectivity index (χ3n) is 1.64. The van der Waals surface area contributed by atoms with Gasteiger partial charge in [-0.15, -0.1) is 10.5 Å². The SMILES string of the molecule is C=S(CC/C(F)=C(/C)F)c1ncc(Cl)s1. The number of aromatic nitrogens is 1. The first kappa shape index (κ1) is 12.8. The predicted molar refractivity (Wildman–Crippen MR) is 64.5 cm³/mol. The van der Waals surface area contributed by atoms with E-state index in [-0.39, 0.29) is 6.42 Å². The molecule has 6 heteroatoms. The predicted octanol–water partition coefficient (Wildman–Crippen LogP) is 4.42. The fourth-order valence-electron chi connectivity index (χ4n) is 0.845. The van der Waals surface area contributed by atoms with Gasteiger partial charge in [-0.2, -0.15) is 0 Å². The maximum atomic E-state index is 12.8. The van der Waals surface area contributed by atoms with Crippen molar-refractivity contribution >= 4 is 39.3 Å². The fourth-order valence-corrected chi connectivity index (χ4v) is 3.42. The topological polar surface area (TPSA) is 12.9 Å². The van der Waals surface area contributed by atoms with E-state index in [2.05, 4.69) is 10.9 Å². The summed E-state index contributed by atoms with van der Waals surface area (Å²) in [6, 6.07) is 0. The molecule has 0 aliphatic carbocycles. The van der Waals surface area contributed by atoms with Crippen molar-refractivity contribution in [1.82, 2.24) is 4.98 Å². The summed E-state index contributed by atoms with van der Waals surface area (Å²) in [5, 5.41) is 0. The van der Waals surface area contributed by atoms with Crippen molar-refractivity contribution in [2.75, 3.05) is 5.75 Å². The van der Waals surface area contributed by atoms with Crippen molar-refractivity contribution in [2.45, 2.75) is 17.7 Å². The molecule has 0 N–H and O–H groups in total. The number of hydrogen-bond acceptors (Lipinski definition) is 2. The third kappa shape index (κ3) is 4.01. The molecule has 1 atom stereocenters. The molecule has 0 saturated carbocycles. The number of hydrogen-bond donors (Lipinski definition) is 0. The van der Waals surface area contributed by atoms with Crippen LogP contribution in [0.25, 0.3) is 0 Å². The number of nitrogens with zero attached hydrogens (tertiary/aromatic N) is 1. The van der Waals surface area contributed by atoms with Crippen LogP contribution in [0.5, 0.6) is 0 Å². The van der Waals surface area contributed by atoms with Crippen LogP contribution in [-0.4, -0.2) is 16.6 Å². The van der Waals surface area contributed by atoms with Crippen molar-refractivity contribution in [3.8, 4) is 0 Å². The molecule has 0 amide bonds. The average molecular weight is 270 g/mol. The molecule has 84 valence electrons. The Morgan fingerprint density at radius 1 is 1.67 bits per heavy atom. The minimum Gasteiger partial charge on any atom is -0.237 e. The van der Waals surface area contributed by atoms with E-state index < -0.39 is 22.1 Å². The zero-order chi connectivity index (χ0) is 11.4. The maximum Gasteiger partial charge on any atom is 0.145 e. The largest absolute Gasteiger partial charge is 0.237 e. The molecule has 1 heterocycles. The fraction of sp³-hybridized carbons (Fsp3) is 0.333. The third-order valence-corrected chi connectivity index (χ3v) is 4.81. The molecule has 1 aromatic rings. The Hall–Kier alpha value is -0.260. The van der Waals surface area contributed by atoms with Gasteiger partial charge in [0.2, 0.25) is 0 Å². The summed E-state index contributed by atoms with van der Waals surface area (Å²) in [5.74, 6) is 2.84. The number of rotatable bonds is 4. The van der Waals surface area contributed by atoms with E-state index in [0.29, 0.717) is 10.1 Å². The van der Waals surface area contributed by atoms with E-state index >= 15 is 0 Å². The summed E-state index contributed by atoms with van der Waals surface area (Å²) in [6.07, 6.45) is 1.60. The van der Waals surface area contributed by atoms with Gasteiger partial charge in [-0.3, -0.25) is 0 Å². The van der Waals surface area contributed by atoms with Crippen LogP contribution >= 0.6 is 33.4 Å². The lowest BCUT2D eigenvalue weighted by Crippen LogP contribution is -1.85. The molecular weight excluding hydrogens is 260 g/mol. The van der Waals surface area contributed by atoms with Crippen molar-refractivity contribution < 1.29 is 8.78 Å². The second kappa shape index (κ2) is 5.72. The van der Waals surface area contributed by atoms with Gasteiger partial charge in [-0.05, 0) is 6.92 Å². The Morgan fingerprint density at radius 2 is 2.33 bits per heavy atom. The highest BCUT2D eigenvalue weighted by atomic mass is 35.5. The summed E-state index contributed by atoms with van der Waals surface area (Å²) in [7, 11) is -0.418. The first-order valence-electron chi connectivity index (χ1n) is 4.13. The minimum atomic E-state index is -0.760.